The summed E-state index contributed by atoms with van der Waals surface area (Å²) in [6.07, 6.45) is 8.05. The Morgan fingerprint density at radius 1 is 1.08 bits per heavy atom. The molecule has 0 radical (unpaired) electrons. The number of hydrazine groups is 1. The number of fused-ring (bicyclic) bond motifs is 1. The van der Waals surface area contributed by atoms with Crippen molar-refractivity contribution in [2.45, 2.75) is 50.6 Å². The number of piperidine rings is 1. The highest BCUT2D eigenvalue weighted by molar-refractivity contribution is 5.96. The summed E-state index contributed by atoms with van der Waals surface area (Å²) in [5, 5.41) is 0. The van der Waals surface area contributed by atoms with E-state index in [0.29, 0.717) is 24.2 Å². The first-order valence-corrected chi connectivity index (χ1v) is 9.49. The lowest BCUT2D eigenvalue weighted by Crippen LogP contribution is -2.51. The molecule has 3 fully saturated rings. The lowest BCUT2D eigenvalue weighted by Gasteiger charge is -2.35. The molecule has 134 valence electrons. The molecule has 3 aliphatic rings. The van der Waals surface area contributed by atoms with E-state index in [4.69, 9.17) is 0 Å². The van der Waals surface area contributed by atoms with Crippen LogP contribution < -0.4 is 10.9 Å². The predicted octanol–water partition coefficient (Wildman–Crippen LogP) is 1.54. The molecular formula is C19H26N4O2. The maximum Gasteiger partial charge on any atom is 0.241 e. The normalized spacial score (nSPS) is 32.2. The van der Waals surface area contributed by atoms with Crippen molar-refractivity contribution in [1.82, 2.24) is 20.7 Å². The highest BCUT2D eigenvalue weighted by Gasteiger charge is 2.43. The lowest BCUT2D eigenvalue weighted by atomic mass is 9.81. The van der Waals surface area contributed by atoms with E-state index in [-0.39, 0.29) is 23.7 Å². The SMILES string of the molecule is O=C(c1ccccn1)C1CCCN(C(=O)C2NNC3CCCCC32)C1. The summed E-state index contributed by atoms with van der Waals surface area (Å²) < 4.78 is 0. The van der Waals surface area contributed by atoms with Gasteiger partial charge in [0.1, 0.15) is 11.7 Å². The van der Waals surface area contributed by atoms with Crippen molar-refractivity contribution >= 4 is 11.7 Å². The molecule has 2 saturated heterocycles. The molecule has 25 heavy (non-hydrogen) atoms. The quantitative estimate of drug-likeness (QED) is 0.815. The van der Waals surface area contributed by atoms with Crippen molar-refractivity contribution < 1.29 is 9.59 Å². The topological polar surface area (TPSA) is 74.3 Å². The molecule has 0 spiro atoms. The molecular weight excluding hydrogens is 316 g/mol. The number of aromatic nitrogens is 1. The van der Waals surface area contributed by atoms with Crippen molar-refractivity contribution in [2.75, 3.05) is 13.1 Å². The van der Waals surface area contributed by atoms with Gasteiger partial charge in [0.25, 0.3) is 0 Å². The molecule has 0 bridgehead atoms. The molecule has 1 aromatic rings. The Labute approximate surface area is 148 Å². The zero-order valence-corrected chi connectivity index (χ0v) is 14.5. The monoisotopic (exact) mass is 342 g/mol. The number of nitrogens with one attached hydrogen (secondary N) is 2. The first kappa shape index (κ1) is 16.7. The van der Waals surface area contributed by atoms with Gasteiger partial charge in [-0.25, -0.2) is 5.43 Å². The van der Waals surface area contributed by atoms with Crippen LogP contribution in [0.4, 0.5) is 0 Å². The number of likely N-dealkylation sites (tertiary alicyclic amines) is 1. The first-order valence-electron chi connectivity index (χ1n) is 9.49. The van der Waals surface area contributed by atoms with Gasteiger partial charge in [-0.1, -0.05) is 18.9 Å². The molecule has 1 saturated carbocycles. The second-order valence-corrected chi connectivity index (χ2v) is 7.52. The van der Waals surface area contributed by atoms with Crippen molar-refractivity contribution in [1.29, 1.82) is 0 Å². The summed E-state index contributed by atoms with van der Waals surface area (Å²) in [7, 11) is 0. The lowest BCUT2D eigenvalue weighted by molar-refractivity contribution is -0.135. The minimum absolute atomic E-state index is 0.0612. The predicted molar refractivity (Wildman–Crippen MR) is 93.7 cm³/mol. The second kappa shape index (κ2) is 7.22. The van der Waals surface area contributed by atoms with Gasteiger partial charge in [0.05, 0.1) is 0 Å². The Morgan fingerprint density at radius 3 is 2.80 bits per heavy atom. The fourth-order valence-corrected chi connectivity index (χ4v) is 4.59. The van der Waals surface area contributed by atoms with Crippen LogP contribution >= 0.6 is 0 Å². The number of ketones is 1. The molecule has 2 N–H and O–H groups in total. The van der Waals surface area contributed by atoms with Gasteiger partial charge in [0, 0.05) is 37.2 Å². The van der Waals surface area contributed by atoms with Gasteiger partial charge in [-0.05, 0) is 37.8 Å². The van der Waals surface area contributed by atoms with Gasteiger partial charge in [-0.3, -0.25) is 20.0 Å². The molecule has 0 aromatic carbocycles. The Morgan fingerprint density at radius 2 is 1.96 bits per heavy atom. The van der Waals surface area contributed by atoms with Crippen LogP contribution in [0.25, 0.3) is 0 Å². The van der Waals surface area contributed by atoms with Crippen LogP contribution in [-0.2, 0) is 4.79 Å². The molecule has 4 rings (SSSR count). The van der Waals surface area contributed by atoms with E-state index in [1.165, 1.54) is 12.8 Å². The average molecular weight is 342 g/mol. The van der Waals surface area contributed by atoms with E-state index in [1.54, 1.807) is 12.3 Å². The second-order valence-electron chi connectivity index (χ2n) is 7.52. The summed E-state index contributed by atoms with van der Waals surface area (Å²) in [5.41, 5.74) is 7.06. The molecule has 1 aliphatic carbocycles. The van der Waals surface area contributed by atoms with Gasteiger partial charge in [0.2, 0.25) is 5.91 Å². The number of hydrogen-bond donors (Lipinski definition) is 2. The number of rotatable bonds is 3. The summed E-state index contributed by atoms with van der Waals surface area (Å²) >= 11 is 0. The maximum absolute atomic E-state index is 13.1. The van der Waals surface area contributed by atoms with Gasteiger partial charge >= 0.3 is 0 Å². The first-order chi connectivity index (χ1) is 12.2. The standard InChI is InChI=1S/C19H26N4O2/c24-18(16-9-3-4-10-20-16)13-6-5-11-23(12-13)19(25)17-14-7-1-2-8-15(14)21-22-17/h3-4,9-10,13-15,17,21-22H,1-2,5-8,11-12H2. The van der Waals surface area contributed by atoms with E-state index < -0.39 is 0 Å². The largest absolute Gasteiger partial charge is 0.341 e. The molecule has 4 atom stereocenters. The number of hydrogen-bond acceptors (Lipinski definition) is 5. The van der Waals surface area contributed by atoms with E-state index in [9.17, 15) is 9.59 Å². The van der Waals surface area contributed by atoms with Crippen LogP contribution in [0.3, 0.4) is 0 Å². The van der Waals surface area contributed by atoms with Crippen LogP contribution in [0.2, 0.25) is 0 Å². The van der Waals surface area contributed by atoms with Crippen molar-refractivity contribution in [3.8, 4) is 0 Å². The fourth-order valence-electron chi connectivity index (χ4n) is 4.59. The molecule has 2 aliphatic heterocycles. The van der Waals surface area contributed by atoms with Gasteiger partial charge in [-0.2, -0.15) is 0 Å². The van der Waals surface area contributed by atoms with E-state index in [2.05, 4.69) is 15.8 Å². The maximum atomic E-state index is 13.1. The fraction of sp³-hybridized carbons (Fsp3) is 0.632. The van der Waals surface area contributed by atoms with Gasteiger partial charge in [0.15, 0.2) is 5.78 Å². The summed E-state index contributed by atoms with van der Waals surface area (Å²) in [6.45, 7) is 1.27. The van der Waals surface area contributed by atoms with Crippen LogP contribution in [0.15, 0.2) is 24.4 Å². The number of amides is 1. The third-order valence-electron chi connectivity index (χ3n) is 5.96. The van der Waals surface area contributed by atoms with Crippen LogP contribution in [0.5, 0.6) is 0 Å². The minimum atomic E-state index is -0.144. The van der Waals surface area contributed by atoms with Gasteiger partial charge in [-0.15, -0.1) is 0 Å². The summed E-state index contributed by atoms with van der Waals surface area (Å²) in [5.74, 6) is 0.462. The Hall–Kier alpha value is -1.79. The van der Waals surface area contributed by atoms with Crippen LogP contribution in [0.1, 0.15) is 49.0 Å². The zero-order valence-electron chi connectivity index (χ0n) is 14.5. The Bertz CT molecular complexity index is 636. The zero-order chi connectivity index (χ0) is 17.2. The average Bonchev–Trinajstić information content (AvgIpc) is 3.12. The number of carbonyl (C=O) groups excluding carboxylic acids is 2. The number of carbonyl (C=O) groups is 2. The van der Waals surface area contributed by atoms with E-state index >= 15 is 0 Å². The Kier molecular flexibility index (Phi) is 4.81. The van der Waals surface area contributed by atoms with Crippen molar-refractivity contribution in [3.05, 3.63) is 30.1 Å². The molecule has 6 nitrogen and oxygen atoms in total. The molecule has 1 amide bonds. The van der Waals surface area contributed by atoms with E-state index in [0.717, 1.165) is 32.2 Å². The van der Waals surface area contributed by atoms with Crippen molar-refractivity contribution in [2.24, 2.45) is 11.8 Å². The van der Waals surface area contributed by atoms with Crippen LogP contribution in [-0.4, -0.2) is 46.7 Å². The molecule has 3 heterocycles. The smallest absolute Gasteiger partial charge is 0.241 e. The highest BCUT2D eigenvalue weighted by atomic mass is 16.2. The van der Waals surface area contributed by atoms with Crippen LogP contribution in [0, 0.1) is 11.8 Å². The van der Waals surface area contributed by atoms with Gasteiger partial charge < -0.3 is 4.90 Å². The molecule has 6 heteroatoms. The number of nitrogens with zero attached hydrogens (tertiary/aromatic N) is 2. The van der Waals surface area contributed by atoms with Crippen molar-refractivity contribution in [3.63, 3.8) is 0 Å². The Balaban J connectivity index is 1.42. The number of Topliss-reactive ketones (excluding diaryl/α,β-unsaturated/α-hetero) is 1. The molecule has 1 aromatic heterocycles. The third-order valence-corrected chi connectivity index (χ3v) is 5.96. The number of pyridine rings is 1. The summed E-state index contributed by atoms with van der Waals surface area (Å²) in [4.78, 5) is 31.8. The third kappa shape index (κ3) is 3.33. The summed E-state index contributed by atoms with van der Waals surface area (Å²) in [6, 6.07) is 5.68. The highest BCUT2D eigenvalue weighted by Crippen LogP contribution is 2.31. The molecule has 4 unspecified atom stereocenters. The van der Waals surface area contributed by atoms with E-state index in [1.807, 2.05) is 17.0 Å². The minimum Gasteiger partial charge on any atom is -0.341 e.